The van der Waals surface area contributed by atoms with Crippen LogP contribution in [0.3, 0.4) is 0 Å². The van der Waals surface area contributed by atoms with Crippen LogP contribution in [0.1, 0.15) is 32.6 Å². The van der Waals surface area contributed by atoms with Crippen molar-refractivity contribution < 1.29 is 4.74 Å². The molecule has 0 amide bonds. The maximum atomic E-state index is 5.84. The second-order valence-corrected chi connectivity index (χ2v) is 5.31. The molecule has 2 nitrogen and oxygen atoms in total. The van der Waals surface area contributed by atoms with Crippen LogP contribution < -0.4 is 4.74 Å². The standard InChI is InChI=1S/C15H22ClNO/c1-2-17-11-4-3-5-14(17)10-12-18-15-8-6-13(16)7-9-15/h6-9,14H,2-5,10-12H2,1H3. The lowest BCUT2D eigenvalue weighted by Gasteiger charge is -2.34. The highest BCUT2D eigenvalue weighted by molar-refractivity contribution is 6.30. The fourth-order valence-corrected chi connectivity index (χ4v) is 2.77. The summed E-state index contributed by atoms with van der Waals surface area (Å²) < 4.78 is 5.77. The molecule has 1 unspecified atom stereocenters. The Morgan fingerprint density at radius 1 is 1.28 bits per heavy atom. The molecule has 100 valence electrons. The fourth-order valence-electron chi connectivity index (χ4n) is 2.65. The summed E-state index contributed by atoms with van der Waals surface area (Å²) in [7, 11) is 0. The average Bonchev–Trinajstić information content (AvgIpc) is 2.41. The molecule has 0 bridgehead atoms. The van der Waals surface area contributed by atoms with Crippen LogP contribution in [0.5, 0.6) is 5.75 Å². The van der Waals surface area contributed by atoms with Crippen LogP contribution in [0, 0.1) is 0 Å². The van der Waals surface area contributed by atoms with E-state index < -0.39 is 0 Å². The number of ether oxygens (including phenoxy) is 1. The molecule has 1 saturated heterocycles. The second kappa shape index (κ2) is 7.01. The molecule has 1 fully saturated rings. The Hall–Kier alpha value is -0.730. The summed E-state index contributed by atoms with van der Waals surface area (Å²) in [5.74, 6) is 0.915. The zero-order valence-corrected chi connectivity index (χ0v) is 11.8. The first-order valence-corrected chi connectivity index (χ1v) is 7.30. The number of rotatable bonds is 5. The van der Waals surface area contributed by atoms with E-state index in [1.54, 1.807) is 0 Å². The Labute approximate surface area is 115 Å². The molecule has 0 aromatic heterocycles. The normalized spacial score (nSPS) is 20.9. The number of nitrogens with zero attached hydrogens (tertiary/aromatic N) is 1. The molecular weight excluding hydrogens is 246 g/mol. The van der Waals surface area contributed by atoms with Gasteiger partial charge in [0.25, 0.3) is 0 Å². The maximum Gasteiger partial charge on any atom is 0.119 e. The van der Waals surface area contributed by atoms with Crippen molar-refractivity contribution in [2.45, 2.75) is 38.6 Å². The number of piperidine rings is 1. The predicted molar refractivity (Wildman–Crippen MR) is 76.5 cm³/mol. The zero-order chi connectivity index (χ0) is 12.8. The van der Waals surface area contributed by atoms with Gasteiger partial charge in [-0.3, -0.25) is 0 Å². The van der Waals surface area contributed by atoms with Gasteiger partial charge in [0.1, 0.15) is 5.75 Å². The van der Waals surface area contributed by atoms with Crippen molar-refractivity contribution in [1.29, 1.82) is 0 Å². The van der Waals surface area contributed by atoms with Gasteiger partial charge in [0.05, 0.1) is 6.61 Å². The molecule has 1 aromatic rings. The lowest BCUT2D eigenvalue weighted by atomic mass is 10.00. The number of likely N-dealkylation sites (tertiary alicyclic amines) is 1. The van der Waals surface area contributed by atoms with Crippen LogP contribution >= 0.6 is 11.6 Å². The molecule has 3 heteroatoms. The van der Waals surface area contributed by atoms with E-state index in [4.69, 9.17) is 16.3 Å². The van der Waals surface area contributed by atoms with Crippen molar-refractivity contribution in [3.05, 3.63) is 29.3 Å². The van der Waals surface area contributed by atoms with E-state index in [1.165, 1.54) is 25.8 Å². The van der Waals surface area contributed by atoms with Gasteiger partial charge in [-0.15, -0.1) is 0 Å². The molecule has 1 aliphatic rings. The third-order valence-corrected chi connectivity index (χ3v) is 3.94. The minimum atomic E-state index is 0.705. The van der Waals surface area contributed by atoms with Crippen LogP contribution in [0.25, 0.3) is 0 Å². The largest absolute Gasteiger partial charge is 0.494 e. The summed E-state index contributed by atoms with van der Waals surface area (Å²) in [5.41, 5.74) is 0. The third kappa shape index (κ3) is 3.89. The lowest BCUT2D eigenvalue weighted by Crippen LogP contribution is -2.40. The summed E-state index contributed by atoms with van der Waals surface area (Å²) in [5, 5.41) is 0.756. The summed E-state index contributed by atoms with van der Waals surface area (Å²) in [6.07, 6.45) is 5.15. The number of halogens is 1. The molecule has 0 spiro atoms. The Morgan fingerprint density at radius 2 is 2.06 bits per heavy atom. The molecule has 0 saturated carbocycles. The Morgan fingerprint density at radius 3 is 2.78 bits per heavy atom. The van der Waals surface area contributed by atoms with Gasteiger partial charge in [0.15, 0.2) is 0 Å². The highest BCUT2D eigenvalue weighted by Crippen LogP contribution is 2.20. The highest BCUT2D eigenvalue weighted by atomic mass is 35.5. The van der Waals surface area contributed by atoms with E-state index >= 15 is 0 Å². The second-order valence-electron chi connectivity index (χ2n) is 4.87. The van der Waals surface area contributed by atoms with Gasteiger partial charge in [-0.1, -0.05) is 24.9 Å². The molecule has 2 rings (SSSR count). The van der Waals surface area contributed by atoms with Gasteiger partial charge < -0.3 is 9.64 Å². The molecule has 1 aromatic carbocycles. The van der Waals surface area contributed by atoms with E-state index in [9.17, 15) is 0 Å². The first-order chi connectivity index (χ1) is 8.79. The SMILES string of the molecule is CCN1CCCCC1CCOc1ccc(Cl)cc1. The van der Waals surface area contributed by atoms with Crippen molar-refractivity contribution in [3.8, 4) is 5.75 Å². The molecular formula is C15H22ClNO. The first kappa shape index (κ1) is 13.7. The minimum absolute atomic E-state index is 0.705. The van der Waals surface area contributed by atoms with Gasteiger partial charge in [-0.25, -0.2) is 0 Å². The van der Waals surface area contributed by atoms with Crippen LogP contribution in [0.4, 0.5) is 0 Å². The molecule has 1 heterocycles. The Balaban J connectivity index is 1.75. The summed E-state index contributed by atoms with van der Waals surface area (Å²) in [6.45, 7) is 5.45. The lowest BCUT2D eigenvalue weighted by molar-refractivity contribution is 0.130. The third-order valence-electron chi connectivity index (χ3n) is 3.69. The average molecular weight is 268 g/mol. The molecule has 0 radical (unpaired) electrons. The highest BCUT2D eigenvalue weighted by Gasteiger charge is 2.20. The van der Waals surface area contributed by atoms with Gasteiger partial charge in [0.2, 0.25) is 0 Å². The van der Waals surface area contributed by atoms with Crippen LogP contribution in [-0.2, 0) is 0 Å². The van der Waals surface area contributed by atoms with E-state index in [-0.39, 0.29) is 0 Å². The molecule has 0 aliphatic carbocycles. The number of hydrogen-bond acceptors (Lipinski definition) is 2. The van der Waals surface area contributed by atoms with E-state index in [2.05, 4.69) is 11.8 Å². The van der Waals surface area contributed by atoms with E-state index in [0.717, 1.165) is 30.3 Å². The van der Waals surface area contributed by atoms with Crippen molar-refractivity contribution in [2.24, 2.45) is 0 Å². The van der Waals surface area contributed by atoms with Crippen molar-refractivity contribution in [1.82, 2.24) is 4.90 Å². The van der Waals surface area contributed by atoms with Gasteiger partial charge in [-0.05, 0) is 56.6 Å². The maximum absolute atomic E-state index is 5.84. The summed E-state index contributed by atoms with van der Waals surface area (Å²) in [4.78, 5) is 2.58. The van der Waals surface area contributed by atoms with Gasteiger partial charge in [-0.2, -0.15) is 0 Å². The van der Waals surface area contributed by atoms with Crippen LogP contribution in [0.2, 0.25) is 5.02 Å². The molecule has 1 aliphatic heterocycles. The smallest absolute Gasteiger partial charge is 0.119 e. The summed E-state index contributed by atoms with van der Waals surface area (Å²) in [6, 6.07) is 8.31. The Kier molecular flexibility index (Phi) is 5.33. The fraction of sp³-hybridized carbons (Fsp3) is 0.600. The van der Waals surface area contributed by atoms with Crippen LogP contribution in [-0.4, -0.2) is 30.6 Å². The number of hydrogen-bond donors (Lipinski definition) is 0. The molecule has 0 N–H and O–H groups in total. The van der Waals surface area contributed by atoms with Crippen LogP contribution in [0.15, 0.2) is 24.3 Å². The van der Waals surface area contributed by atoms with E-state index in [0.29, 0.717) is 6.04 Å². The van der Waals surface area contributed by atoms with Gasteiger partial charge in [0, 0.05) is 11.1 Å². The summed E-state index contributed by atoms with van der Waals surface area (Å²) >= 11 is 5.84. The quantitative estimate of drug-likeness (QED) is 0.800. The first-order valence-electron chi connectivity index (χ1n) is 6.92. The number of benzene rings is 1. The van der Waals surface area contributed by atoms with E-state index in [1.807, 2.05) is 24.3 Å². The topological polar surface area (TPSA) is 12.5 Å². The monoisotopic (exact) mass is 267 g/mol. The minimum Gasteiger partial charge on any atom is -0.494 e. The van der Waals surface area contributed by atoms with Crippen molar-refractivity contribution in [2.75, 3.05) is 19.7 Å². The molecule has 1 atom stereocenters. The zero-order valence-electron chi connectivity index (χ0n) is 11.1. The van der Waals surface area contributed by atoms with Gasteiger partial charge >= 0.3 is 0 Å². The van der Waals surface area contributed by atoms with Crippen molar-refractivity contribution >= 4 is 11.6 Å². The molecule has 18 heavy (non-hydrogen) atoms. The Bertz CT molecular complexity index is 352. The predicted octanol–water partition coefficient (Wildman–Crippen LogP) is 3.98. The van der Waals surface area contributed by atoms with Crippen molar-refractivity contribution in [3.63, 3.8) is 0 Å².